The molecule has 0 radical (unpaired) electrons. The van der Waals surface area contributed by atoms with E-state index < -0.39 is 36.8 Å². The molecule has 0 aliphatic carbocycles. The fourth-order valence-electron chi connectivity index (χ4n) is 1.46. The Morgan fingerprint density at radius 1 is 1.21 bits per heavy atom. The first kappa shape index (κ1) is 13.3. The lowest BCUT2D eigenvalue weighted by Crippen LogP contribution is -2.53. The normalized spacial score (nSPS) is 19.8. The van der Waals surface area contributed by atoms with E-state index in [9.17, 15) is 15.0 Å². The summed E-state index contributed by atoms with van der Waals surface area (Å²) < 4.78 is 0. The highest BCUT2D eigenvalue weighted by Gasteiger charge is 2.49. The first-order chi connectivity index (χ1) is 6.47. The van der Waals surface area contributed by atoms with E-state index >= 15 is 0 Å². The molecule has 0 aromatic carbocycles. The van der Waals surface area contributed by atoms with Crippen LogP contribution < -0.4 is 0 Å². The van der Waals surface area contributed by atoms with E-state index in [-0.39, 0.29) is 6.42 Å². The number of hydrogen-bond acceptors (Lipinski definition) is 5. The van der Waals surface area contributed by atoms with Gasteiger partial charge in [-0.15, -0.1) is 0 Å². The largest absolute Gasteiger partial charge is 0.481 e. The van der Waals surface area contributed by atoms with Gasteiger partial charge in [-0.25, -0.2) is 0 Å². The molecule has 0 aliphatic rings. The Labute approximate surface area is 81.4 Å². The van der Waals surface area contributed by atoms with Crippen LogP contribution in [0.4, 0.5) is 0 Å². The molecular formula is C8H16O6. The molecule has 0 heterocycles. The smallest absolute Gasteiger partial charge is 0.315 e. The maximum Gasteiger partial charge on any atom is 0.315 e. The summed E-state index contributed by atoms with van der Waals surface area (Å²) in [5.41, 5.74) is -1.91. The van der Waals surface area contributed by atoms with E-state index in [1.54, 1.807) is 0 Å². The van der Waals surface area contributed by atoms with Crippen LogP contribution in [0.25, 0.3) is 0 Å². The molecule has 5 N–H and O–H groups in total. The highest BCUT2D eigenvalue weighted by Crippen LogP contribution is 2.31. The van der Waals surface area contributed by atoms with Crippen LogP contribution in [0.1, 0.15) is 13.3 Å². The number of rotatable bonds is 6. The third kappa shape index (κ3) is 2.03. The lowest BCUT2D eigenvalue weighted by molar-refractivity contribution is -0.176. The monoisotopic (exact) mass is 208 g/mol. The zero-order chi connectivity index (χ0) is 11.4. The molecule has 0 aromatic rings. The molecule has 0 bridgehead atoms. The van der Waals surface area contributed by atoms with Crippen molar-refractivity contribution in [2.45, 2.75) is 25.6 Å². The van der Waals surface area contributed by atoms with Crippen molar-refractivity contribution in [2.24, 2.45) is 5.41 Å². The van der Waals surface area contributed by atoms with Gasteiger partial charge in [-0.05, 0) is 6.42 Å². The average Bonchev–Trinajstić information content (AvgIpc) is 2.18. The minimum Gasteiger partial charge on any atom is -0.481 e. The summed E-state index contributed by atoms with van der Waals surface area (Å²) in [4.78, 5) is 10.9. The molecule has 2 atom stereocenters. The van der Waals surface area contributed by atoms with Gasteiger partial charge in [0.15, 0.2) is 0 Å². The molecule has 0 saturated carbocycles. The molecular weight excluding hydrogens is 192 g/mol. The lowest BCUT2D eigenvalue weighted by atomic mass is 9.75. The Morgan fingerprint density at radius 2 is 1.57 bits per heavy atom. The molecule has 6 heteroatoms. The Kier molecular flexibility index (Phi) is 5.00. The third-order valence-electron chi connectivity index (χ3n) is 2.52. The Bertz CT molecular complexity index is 182. The molecule has 0 fully saturated rings. The minimum atomic E-state index is -1.91. The van der Waals surface area contributed by atoms with Gasteiger partial charge in [0.25, 0.3) is 0 Å². The number of carboxylic acids is 1. The summed E-state index contributed by atoms with van der Waals surface area (Å²) in [6.45, 7) is -0.111. The third-order valence-corrected chi connectivity index (χ3v) is 2.52. The highest BCUT2D eigenvalue weighted by atomic mass is 16.4. The molecule has 0 aliphatic heterocycles. The maximum absolute atomic E-state index is 10.9. The number of aliphatic carboxylic acids is 1. The molecule has 0 saturated heterocycles. The summed E-state index contributed by atoms with van der Waals surface area (Å²) in [7, 11) is 0. The highest BCUT2D eigenvalue weighted by molar-refractivity contribution is 5.76. The van der Waals surface area contributed by atoms with Gasteiger partial charge in [-0.2, -0.15) is 0 Å². The summed E-state index contributed by atoms with van der Waals surface area (Å²) in [6.07, 6.45) is -3.30. The van der Waals surface area contributed by atoms with E-state index in [1.807, 2.05) is 0 Å². The summed E-state index contributed by atoms with van der Waals surface area (Å²) >= 11 is 0. The lowest BCUT2D eigenvalue weighted by Gasteiger charge is -2.35. The number of aliphatic hydroxyl groups is 4. The quantitative estimate of drug-likeness (QED) is 0.350. The minimum absolute atomic E-state index is 0.0915. The van der Waals surface area contributed by atoms with Gasteiger partial charge < -0.3 is 25.5 Å². The van der Waals surface area contributed by atoms with Crippen LogP contribution in [-0.2, 0) is 4.79 Å². The van der Waals surface area contributed by atoms with Crippen LogP contribution >= 0.6 is 0 Å². The first-order valence-electron chi connectivity index (χ1n) is 4.28. The van der Waals surface area contributed by atoms with Gasteiger partial charge in [-0.1, -0.05) is 6.92 Å². The Balaban J connectivity index is 5.07. The van der Waals surface area contributed by atoms with Crippen LogP contribution in [0.3, 0.4) is 0 Å². The number of carbonyl (C=O) groups is 1. The molecule has 0 rings (SSSR count). The molecule has 14 heavy (non-hydrogen) atoms. The molecule has 0 aromatic heterocycles. The van der Waals surface area contributed by atoms with E-state index in [1.165, 1.54) is 6.92 Å². The fraction of sp³-hybridized carbons (Fsp3) is 0.875. The second kappa shape index (κ2) is 5.26. The van der Waals surface area contributed by atoms with Crippen molar-refractivity contribution >= 4 is 5.97 Å². The van der Waals surface area contributed by atoms with Gasteiger partial charge in [0.1, 0.15) is 5.41 Å². The van der Waals surface area contributed by atoms with Crippen LogP contribution in [-0.4, -0.2) is 56.9 Å². The van der Waals surface area contributed by atoms with Crippen molar-refractivity contribution < 1.29 is 30.3 Å². The fourth-order valence-corrected chi connectivity index (χ4v) is 1.46. The summed E-state index contributed by atoms with van der Waals surface area (Å²) in [6, 6.07) is 0. The predicted molar refractivity (Wildman–Crippen MR) is 46.5 cm³/mol. The second-order valence-electron chi connectivity index (χ2n) is 3.10. The number of carboxylic acid groups (broad SMARTS) is 1. The van der Waals surface area contributed by atoms with Gasteiger partial charge in [0, 0.05) is 0 Å². The number of hydrogen-bond donors (Lipinski definition) is 5. The van der Waals surface area contributed by atoms with E-state index in [4.69, 9.17) is 15.3 Å². The van der Waals surface area contributed by atoms with E-state index in [0.717, 1.165) is 0 Å². The zero-order valence-electron chi connectivity index (χ0n) is 7.92. The molecule has 84 valence electrons. The van der Waals surface area contributed by atoms with Crippen LogP contribution in [0, 0.1) is 5.41 Å². The zero-order valence-corrected chi connectivity index (χ0v) is 7.92. The predicted octanol–water partition coefficient (Wildman–Crippen LogP) is -1.83. The Hall–Kier alpha value is -0.690. The van der Waals surface area contributed by atoms with Gasteiger partial charge in [0.05, 0.1) is 25.4 Å². The SMILES string of the molecule is CCC(C(=O)O)(C(O)CO)C(O)CO. The van der Waals surface area contributed by atoms with Gasteiger partial charge in [0.2, 0.25) is 0 Å². The van der Waals surface area contributed by atoms with Crippen LogP contribution in [0.2, 0.25) is 0 Å². The van der Waals surface area contributed by atoms with Crippen LogP contribution in [0.5, 0.6) is 0 Å². The van der Waals surface area contributed by atoms with Gasteiger partial charge >= 0.3 is 5.97 Å². The standard InChI is InChI=1S/C8H16O6/c1-2-8(7(13)14,5(11)3-9)6(12)4-10/h5-6,9-12H,2-4H2,1H3,(H,13,14). The molecule has 2 unspecified atom stereocenters. The number of aliphatic hydroxyl groups excluding tert-OH is 4. The summed E-state index contributed by atoms with van der Waals surface area (Å²) in [5.74, 6) is -1.44. The topological polar surface area (TPSA) is 118 Å². The van der Waals surface area contributed by atoms with Crippen molar-refractivity contribution in [3.63, 3.8) is 0 Å². The van der Waals surface area contributed by atoms with Gasteiger partial charge in [-0.3, -0.25) is 4.79 Å². The van der Waals surface area contributed by atoms with Crippen molar-refractivity contribution in [2.75, 3.05) is 13.2 Å². The first-order valence-corrected chi connectivity index (χ1v) is 4.28. The summed E-state index contributed by atoms with van der Waals surface area (Å²) in [5, 5.41) is 44.9. The average molecular weight is 208 g/mol. The van der Waals surface area contributed by atoms with Crippen molar-refractivity contribution in [1.29, 1.82) is 0 Å². The van der Waals surface area contributed by atoms with Crippen molar-refractivity contribution in [3.05, 3.63) is 0 Å². The van der Waals surface area contributed by atoms with Crippen LogP contribution in [0.15, 0.2) is 0 Å². The molecule has 0 spiro atoms. The molecule has 0 amide bonds. The second-order valence-corrected chi connectivity index (χ2v) is 3.10. The van der Waals surface area contributed by atoms with Crippen molar-refractivity contribution in [1.82, 2.24) is 0 Å². The Morgan fingerprint density at radius 3 is 1.71 bits per heavy atom. The van der Waals surface area contributed by atoms with E-state index in [0.29, 0.717) is 0 Å². The molecule has 6 nitrogen and oxygen atoms in total. The maximum atomic E-state index is 10.9. The van der Waals surface area contributed by atoms with Crippen molar-refractivity contribution in [3.8, 4) is 0 Å². The van der Waals surface area contributed by atoms with E-state index in [2.05, 4.69) is 0 Å².